The summed E-state index contributed by atoms with van der Waals surface area (Å²) in [4.78, 5) is 10.7. The fourth-order valence-electron chi connectivity index (χ4n) is 1.71. The third-order valence-electron chi connectivity index (χ3n) is 2.88. The highest BCUT2D eigenvalue weighted by Crippen LogP contribution is 2.21. The van der Waals surface area contributed by atoms with E-state index in [1.54, 1.807) is 0 Å². The molecule has 1 rings (SSSR count). The van der Waals surface area contributed by atoms with Crippen molar-refractivity contribution >= 4 is 16.0 Å². The predicted octanol–water partition coefficient (Wildman–Crippen LogP) is 1.76. The number of hydrogen-bond acceptors (Lipinski definition) is 4. The van der Waals surface area contributed by atoms with E-state index >= 15 is 0 Å². The van der Waals surface area contributed by atoms with Gasteiger partial charge in [-0.1, -0.05) is 19.8 Å². The Labute approximate surface area is 123 Å². The first kappa shape index (κ1) is 17.4. The van der Waals surface area contributed by atoms with Gasteiger partial charge in [0, 0.05) is 0 Å². The maximum Gasteiger partial charge on any atom is 0.321 e. The minimum absolute atomic E-state index is 0.0882. The summed E-state index contributed by atoms with van der Waals surface area (Å²) in [6.45, 7) is 1.87. The molecule has 0 spiro atoms. The summed E-state index contributed by atoms with van der Waals surface area (Å²) in [5, 5.41) is 9.03. The van der Waals surface area contributed by atoms with Crippen molar-refractivity contribution in [1.82, 2.24) is 4.72 Å². The smallest absolute Gasteiger partial charge is 0.321 e. The van der Waals surface area contributed by atoms with Crippen LogP contribution in [-0.2, 0) is 14.8 Å². The van der Waals surface area contributed by atoms with Crippen molar-refractivity contribution in [3.8, 4) is 5.75 Å². The lowest BCUT2D eigenvalue weighted by Crippen LogP contribution is -2.40. The van der Waals surface area contributed by atoms with Crippen molar-refractivity contribution < 1.29 is 27.4 Å². The molecule has 0 amide bonds. The van der Waals surface area contributed by atoms with E-state index in [0.717, 1.165) is 18.6 Å². The van der Waals surface area contributed by atoms with Gasteiger partial charge in [-0.2, -0.15) is 4.72 Å². The highest BCUT2D eigenvalue weighted by molar-refractivity contribution is 7.89. The van der Waals surface area contributed by atoms with Crippen molar-refractivity contribution in [2.45, 2.75) is 37.1 Å². The van der Waals surface area contributed by atoms with Crippen LogP contribution in [0.15, 0.2) is 23.1 Å². The van der Waals surface area contributed by atoms with Crippen LogP contribution in [0.5, 0.6) is 5.75 Å². The molecule has 0 fully saturated rings. The van der Waals surface area contributed by atoms with Crippen molar-refractivity contribution in [2.75, 3.05) is 7.11 Å². The van der Waals surface area contributed by atoms with E-state index in [4.69, 9.17) is 9.84 Å². The topological polar surface area (TPSA) is 92.7 Å². The van der Waals surface area contributed by atoms with Crippen LogP contribution >= 0.6 is 0 Å². The summed E-state index contributed by atoms with van der Waals surface area (Å²) in [5.41, 5.74) is 0. The van der Waals surface area contributed by atoms with E-state index in [1.807, 2.05) is 6.92 Å². The molecule has 0 saturated heterocycles. The van der Waals surface area contributed by atoms with E-state index in [-0.39, 0.29) is 17.1 Å². The van der Waals surface area contributed by atoms with Crippen LogP contribution in [0, 0.1) is 5.82 Å². The van der Waals surface area contributed by atoms with Crippen LogP contribution in [-0.4, -0.2) is 32.6 Å². The molecular formula is C13H18FNO5S. The van der Waals surface area contributed by atoms with Crippen LogP contribution in [0.1, 0.15) is 26.2 Å². The molecule has 0 aliphatic heterocycles. The number of benzene rings is 1. The number of rotatable bonds is 8. The molecule has 2 N–H and O–H groups in total. The second kappa shape index (κ2) is 7.37. The number of aliphatic carboxylic acids is 1. The van der Waals surface area contributed by atoms with Gasteiger partial charge in [-0.3, -0.25) is 4.79 Å². The van der Waals surface area contributed by atoms with E-state index in [1.165, 1.54) is 13.2 Å². The third-order valence-corrected chi connectivity index (χ3v) is 4.34. The van der Waals surface area contributed by atoms with Gasteiger partial charge in [0.2, 0.25) is 10.0 Å². The maximum atomic E-state index is 13.5. The Morgan fingerprint density at radius 3 is 2.62 bits per heavy atom. The quantitative estimate of drug-likeness (QED) is 0.761. The molecule has 0 bridgehead atoms. The van der Waals surface area contributed by atoms with E-state index in [2.05, 4.69) is 4.72 Å². The van der Waals surface area contributed by atoms with Gasteiger partial charge in [-0.05, 0) is 24.6 Å². The van der Waals surface area contributed by atoms with E-state index < -0.39 is 27.9 Å². The average molecular weight is 319 g/mol. The molecule has 1 aromatic carbocycles. The molecule has 1 aromatic rings. The number of methoxy groups -OCH3 is 1. The van der Waals surface area contributed by atoms with Crippen molar-refractivity contribution in [1.29, 1.82) is 0 Å². The zero-order valence-corrected chi connectivity index (χ0v) is 12.6. The summed E-state index contributed by atoms with van der Waals surface area (Å²) in [6.07, 6.45) is 1.48. The van der Waals surface area contributed by atoms with Crippen molar-refractivity contribution in [2.24, 2.45) is 0 Å². The SMILES string of the molecule is CCCC[C@H](NS(=O)(=O)c1ccc(OC)c(F)c1)C(=O)O. The molecule has 118 valence electrons. The molecule has 0 aliphatic carbocycles. The molecule has 0 radical (unpaired) electrons. The number of ether oxygens (including phenoxy) is 1. The van der Waals surface area contributed by atoms with Crippen LogP contribution < -0.4 is 9.46 Å². The largest absolute Gasteiger partial charge is 0.494 e. The van der Waals surface area contributed by atoms with Crippen LogP contribution in [0.2, 0.25) is 0 Å². The highest BCUT2D eigenvalue weighted by Gasteiger charge is 2.25. The predicted molar refractivity (Wildman–Crippen MR) is 74.2 cm³/mol. The highest BCUT2D eigenvalue weighted by atomic mass is 32.2. The molecule has 21 heavy (non-hydrogen) atoms. The molecule has 0 unspecified atom stereocenters. The zero-order valence-electron chi connectivity index (χ0n) is 11.8. The second-order valence-electron chi connectivity index (χ2n) is 4.45. The number of halogens is 1. The maximum absolute atomic E-state index is 13.5. The Morgan fingerprint density at radius 2 is 2.14 bits per heavy atom. The van der Waals surface area contributed by atoms with E-state index in [0.29, 0.717) is 6.42 Å². The fourth-order valence-corrected chi connectivity index (χ4v) is 2.95. The lowest BCUT2D eigenvalue weighted by molar-refractivity contribution is -0.139. The Hall–Kier alpha value is -1.67. The number of hydrogen-bond donors (Lipinski definition) is 2. The zero-order chi connectivity index (χ0) is 16.0. The summed E-state index contributed by atoms with van der Waals surface area (Å²) in [7, 11) is -2.85. The standard InChI is InChI=1S/C13H18FNO5S/c1-3-4-5-11(13(16)17)15-21(18,19)9-6-7-12(20-2)10(14)8-9/h6-8,11,15H,3-5H2,1-2H3,(H,16,17)/t11-/m0/s1. The first-order valence-corrected chi connectivity index (χ1v) is 7.88. The minimum atomic E-state index is -4.11. The molecule has 6 nitrogen and oxygen atoms in total. The van der Waals surface area contributed by atoms with Crippen molar-refractivity contribution in [3.05, 3.63) is 24.0 Å². The number of unbranched alkanes of at least 4 members (excludes halogenated alkanes) is 1. The number of carboxylic acids is 1. The van der Waals surface area contributed by atoms with E-state index in [9.17, 15) is 17.6 Å². The number of carboxylic acid groups (broad SMARTS) is 1. The minimum Gasteiger partial charge on any atom is -0.494 e. The van der Waals surface area contributed by atoms with Gasteiger partial charge in [0.05, 0.1) is 12.0 Å². The van der Waals surface area contributed by atoms with Crippen LogP contribution in [0.3, 0.4) is 0 Å². The lowest BCUT2D eigenvalue weighted by atomic mass is 10.1. The number of sulfonamides is 1. The first-order valence-electron chi connectivity index (χ1n) is 6.40. The Bertz CT molecular complexity index is 603. The average Bonchev–Trinajstić information content (AvgIpc) is 2.43. The molecule has 0 aromatic heterocycles. The van der Waals surface area contributed by atoms with Gasteiger partial charge < -0.3 is 9.84 Å². The lowest BCUT2D eigenvalue weighted by Gasteiger charge is -2.14. The van der Waals surface area contributed by atoms with Crippen molar-refractivity contribution in [3.63, 3.8) is 0 Å². The molecule has 0 saturated carbocycles. The number of nitrogens with one attached hydrogen (secondary N) is 1. The van der Waals surface area contributed by atoms with Gasteiger partial charge in [0.15, 0.2) is 11.6 Å². The molecular weight excluding hydrogens is 301 g/mol. The fraction of sp³-hybridized carbons (Fsp3) is 0.462. The molecule has 0 heterocycles. The summed E-state index contributed by atoms with van der Waals surface area (Å²) < 4.78 is 44.5. The summed E-state index contributed by atoms with van der Waals surface area (Å²) in [6, 6.07) is 1.88. The van der Waals surface area contributed by atoms with Gasteiger partial charge in [0.1, 0.15) is 6.04 Å². The normalized spacial score (nSPS) is 12.9. The molecule has 0 aliphatic rings. The van der Waals surface area contributed by atoms with Crippen LogP contribution in [0.25, 0.3) is 0 Å². The first-order chi connectivity index (χ1) is 9.81. The second-order valence-corrected chi connectivity index (χ2v) is 6.16. The molecule has 1 atom stereocenters. The Morgan fingerprint density at radius 1 is 1.48 bits per heavy atom. The van der Waals surface area contributed by atoms with Gasteiger partial charge >= 0.3 is 5.97 Å². The Balaban J connectivity index is 2.99. The van der Waals surface area contributed by atoms with Crippen LogP contribution in [0.4, 0.5) is 4.39 Å². The van der Waals surface area contributed by atoms with Gasteiger partial charge in [0.25, 0.3) is 0 Å². The summed E-state index contributed by atoms with van der Waals surface area (Å²) in [5.74, 6) is -2.18. The van der Waals surface area contributed by atoms with Gasteiger partial charge in [-0.25, -0.2) is 12.8 Å². The Kier molecular flexibility index (Phi) is 6.10. The summed E-state index contributed by atoms with van der Waals surface area (Å²) >= 11 is 0. The monoisotopic (exact) mass is 319 g/mol. The molecule has 8 heteroatoms. The van der Waals surface area contributed by atoms with Gasteiger partial charge in [-0.15, -0.1) is 0 Å². The number of carbonyl (C=O) groups is 1. The third kappa shape index (κ3) is 4.68.